The van der Waals surface area contributed by atoms with E-state index in [-0.39, 0.29) is 41.6 Å². The molecule has 0 radical (unpaired) electrons. The van der Waals surface area contributed by atoms with E-state index in [1.165, 1.54) is 55.6 Å². The summed E-state index contributed by atoms with van der Waals surface area (Å²) >= 11 is 1.63. The van der Waals surface area contributed by atoms with Gasteiger partial charge in [0.1, 0.15) is 0 Å². The fourth-order valence-electron chi connectivity index (χ4n) is 9.26. The van der Waals surface area contributed by atoms with Crippen molar-refractivity contribution in [2.75, 3.05) is 0 Å². The summed E-state index contributed by atoms with van der Waals surface area (Å²) in [6.45, 7) is 31.1. The number of aryl methyl sites for hydroxylation is 1. The van der Waals surface area contributed by atoms with Crippen molar-refractivity contribution >= 4 is 24.5 Å². The van der Waals surface area contributed by atoms with Gasteiger partial charge in [0.2, 0.25) is 0 Å². The molecule has 4 heteroatoms. The van der Waals surface area contributed by atoms with Crippen molar-refractivity contribution in [3.05, 3.63) is 122 Å². The number of halogens is 2. The number of allylic oxidation sites excluding steroid dienone is 2. The van der Waals surface area contributed by atoms with Crippen molar-refractivity contribution in [3.63, 3.8) is 0 Å². The second-order valence-electron chi connectivity index (χ2n) is 17.9. The van der Waals surface area contributed by atoms with E-state index in [9.17, 15) is 0 Å². The van der Waals surface area contributed by atoms with E-state index >= 15 is 0 Å². The van der Waals surface area contributed by atoms with Crippen LogP contribution < -0.4 is 30.0 Å². The van der Waals surface area contributed by atoms with Crippen LogP contribution in [0.5, 0.6) is 0 Å². The summed E-state index contributed by atoms with van der Waals surface area (Å²) in [5.74, 6) is 0.867. The topological polar surface area (TPSA) is 0 Å². The predicted molar refractivity (Wildman–Crippen MR) is 208 cm³/mol. The Morgan fingerprint density at radius 3 is 1.64 bits per heavy atom. The normalized spacial score (nSPS) is 18.7. The second-order valence-corrected chi connectivity index (χ2v) is 23.6. The molecule has 0 nitrogen and oxygen atoms in total. The summed E-state index contributed by atoms with van der Waals surface area (Å²) in [5, 5.41) is 3.46. The Labute approximate surface area is 331 Å². The first-order valence-electron chi connectivity index (χ1n) is 18.1. The third kappa shape index (κ3) is 5.88. The van der Waals surface area contributed by atoms with Gasteiger partial charge in [-0.25, -0.2) is 0 Å². The molecule has 4 aromatic rings. The first kappa shape index (κ1) is 39.3. The Morgan fingerprint density at radius 1 is 0.660 bits per heavy atom. The molecule has 1 aliphatic heterocycles. The van der Waals surface area contributed by atoms with Crippen LogP contribution in [0.15, 0.2) is 71.8 Å². The van der Waals surface area contributed by atoms with Gasteiger partial charge in [-0.05, 0) is 5.41 Å². The number of fused-ring (bicyclic) bond motifs is 2. The van der Waals surface area contributed by atoms with Crippen molar-refractivity contribution in [2.45, 2.75) is 110 Å². The van der Waals surface area contributed by atoms with Crippen LogP contribution in [0.4, 0.5) is 0 Å². The van der Waals surface area contributed by atoms with Crippen LogP contribution in [0.1, 0.15) is 122 Å². The Bertz CT molecular complexity index is 2060. The number of rotatable bonds is 4. The summed E-state index contributed by atoms with van der Waals surface area (Å²) in [6, 6.07) is 24.4. The maximum Gasteiger partial charge on any atom is -1.00 e. The Hall–Kier alpha value is -1.96. The van der Waals surface area contributed by atoms with Gasteiger partial charge >= 0.3 is 283 Å². The zero-order chi connectivity index (χ0) is 34.8. The van der Waals surface area contributed by atoms with Gasteiger partial charge in [0.05, 0.1) is 0 Å². The molecule has 0 saturated heterocycles. The first-order valence-corrected chi connectivity index (χ1v) is 22.5. The van der Waals surface area contributed by atoms with E-state index in [0.29, 0.717) is 9.54 Å². The molecule has 0 aromatic heterocycles. The van der Waals surface area contributed by atoms with Crippen LogP contribution in [0, 0.1) is 19.8 Å². The average Bonchev–Trinajstić information content (AvgIpc) is 3.54. The molecule has 2 bridgehead atoms. The summed E-state index contributed by atoms with van der Waals surface area (Å²) in [6.07, 6.45) is 2.54. The zero-order valence-electron chi connectivity index (χ0n) is 32.3. The molecule has 259 valence electrons. The van der Waals surface area contributed by atoms with Crippen LogP contribution in [0.3, 0.4) is 0 Å². The van der Waals surface area contributed by atoms with E-state index in [4.69, 9.17) is 0 Å². The van der Waals surface area contributed by atoms with Crippen molar-refractivity contribution in [1.29, 1.82) is 0 Å². The van der Waals surface area contributed by atoms with Gasteiger partial charge in [-0.3, -0.25) is 0 Å². The molecule has 1 heterocycles. The minimum atomic E-state index is -2.01. The van der Waals surface area contributed by atoms with Crippen molar-refractivity contribution in [1.82, 2.24) is 0 Å². The van der Waals surface area contributed by atoms with E-state index in [1.807, 2.05) is 0 Å². The molecule has 2 unspecified atom stereocenters. The van der Waals surface area contributed by atoms with E-state index in [0.717, 1.165) is 0 Å². The van der Waals surface area contributed by atoms with Crippen molar-refractivity contribution < 1.29 is 49.5 Å². The minimum absolute atomic E-state index is 0. The molecule has 0 fully saturated rings. The quantitative estimate of drug-likeness (QED) is 0.214. The summed E-state index contributed by atoms with van der Waals surface area (Å²) in [7, 11) is -2.01. The molecule has 0 spiro atoms. The van der Waals surface area contributed by atoms with Crippen LogP contribution in [-0.2, 0) is 35.5 Å². The van der Waals surface area contributed by atoms with E-state index in [1.54, 1.807) is 62.9 Å². The van der Waals surface area contributed by atoms with Crippen LogP contribution in [-0.4, -0.2) is 8.07 Å². The second kappa shape index (κ2) is 13.2. The predicted octanol–water partition coefficient (Wildman–Crippen LogP) is 6.27. The molecule has 2 atom stereocenters. The maximum absolute atomic E-state index is 2.71. The average molecular weight is 796 g/mol. The number of benzene rings is 4. The Balaban J connectivity index is 0.00000243. The van der Waals surface area contributed by atoms with Gasteiger partial charge in [0.15, 0.2) is 0 Å². The van der Waals surface area contributed by atoms with Crippen molar-refractivity contribution in [3.8, 4) is 22.3 Å². The molecule has 50 heavy (non-hydrogen) atoms. The van der Waals surface area contributed by atoms with Gasteiger partial charge < -0.3 is 24.8 Å². The molecule has 2 aliphatic carbocycles. The number of hydrogen-bond donors (Lipinski definition) is 0. The molecule has 4 aromatic carbocycles. The summed E-state index contributed by atoms with van der Waals surface area (Å²) < 4.78 is 0.552. The van der Waals surface area contributed by atoms with Crippen LogP contribution in [0.25, 0.3) is 33.5 Å². The monoisotopic (exact) mass is 793 g/mol. The Kier molecular flexibility index (Phi) is 10.3. The van der Waals surface area contributed by atoms with E-state index < -0.39 is 8.07 Å². The fraction of sp³-hybridized carbons (Fsp3) is 0.391. The maximum atomic E-state index is 2.71. The molecular formula is C46H53Cl2SiZr. The summed E-state index contributed by atoms with van der Waals surface area (Å²) in [4.78, 5) is 0. The van der Waals surface area contributed by atoms with Gasteiger partial charge in [-0.1, -0.05) is 20.8 Å². The third-order valence-electron chi connectivity index (χ3n) is 11.9. The molecule has 0 N–H and O–H groups in total. The first-order chi connectivity index (χ1) is 22.3. The smallest absolute Gasteiger partial charge is 1.00 e. The van der Waals surface area contributed by atoms with Gasteiger partial charge in [-0.15, -0.1) is 0 Å². The van der Waals surface area contributed by atoms with Crippen LogP contribution >= 0.6 is 0 Å². The van der Waals surface area contributed by atoms with Gasteiger partial charge in [0, 0.05) is 0 Å². The molecule has 0 saturated carbocycles. The standard InChI is InChI=1S/C46H53Si.2ClH.Zr/c1-26(2)35-24-32-25-38(44-41(42(32)43(35)47(44,12)13)31-16-20-34(21-17-31)46(9,10)11)39-28(4)23-37-36(39)22-27(3)29(5)40(37)30-14-18-33(19-15-30)45(6,7)8;;;/h14-26,39H,1-13H3;2*1H;/q;;;+2/p-2. The van der Waals surface area contributed by atoms with Crippen molar-refractivity contribution in [2.24, 2.45) is 5.92 Å². The molecule has 3 aliphatic rings. The zero-order valence-corrected chi connectivity index (χ0v) is 37.3. The van der Waals surface area contributed by atoms with Crippen LogP contribution in [0.2, 0.25) is 13.1 Å². The third-order valence-corrected chi connectivity index (χ3v) is 17.0. The minimum Gasteiger partial charge on any atom is -1.00 e. The largest absolute Gasteiger partial charge is 1.00 e. The molecular weight excluding hydrogens is 743 g/mol. The Morgan fingerprint density at radius 2 is 1.16 bits per heavy atom. The van der Waals surface area contributed by atoms with E-state index in [2.05, 4.69) is 156 Å². The van der Waals surface area contributed by atoms with Gasteiger partial charge in [0.25, 0.3) is 0 Å². The fourth-order valence-corrected chi connectivity index (χ4v) is 15.5. The summed E-state index contributed by atoms with van der Waals surface area (Å²) in [5.41, 5.74) is 22.6. The number of hydrogen-bond acceptors (Lipinski definition) is 0. The molecule has 7 rings (SSSR count). The SMILES string of the molecule is CC1=Cc2c(cc(C)c(C)c2-c2ccc(C(C)(C)C)cc2)C1c1cc2c3c(-c4ccc(C(C)(C)C)cc4)c1[Si](C)(C)C3=C(C(C)C)[CH]2[Zr+2].[Cl-].[Cl-]. The molecule has 0 amide bonds. The van der Waals surface area contributed by atoms with Gasteiger partial charge in [-0.2, -0.15) is 0 Å².